The highest BCUT2D eigenvalue weighted by Crippen LogP contribution is 2.33. The van der Waals surface area contributed by atoms with Crippen molar-refractivity contribution in [3.63, 3.8) is 0 Å². The zero-order valence-corrected chi connectivity index (χ0v) is 12.1. The van der Waals surface area contributed by atoms with Gasteiger partial charge >= 0.3 is 0 Å². The van der Waals surface area contributed by atoms with Gasteiger partial charge in [-0.3, -0.25) is 0 Å². The molecule has 0 atom stereocenters. The number of thioether (sulfide) groups is 1. The zero-order chi connectivity index (χ0) is 10.5. The molecule has 0 saturated heterocycles. The van der Waals surface area contributed by atoms with E-state index in [1.54, 1.807) is 0 Å². The van der Waals surface area contributed by atoms with Gasteiger partial charge in [-0.2, -0.15) is 0 Å². The van der Waals surface area contributed by atoms with Crippen molar-refractivity contribution < 1.29 is 21.6 Å². The summed E-state index contributed by atoms with van der Waals surface area (Å²) in [7, 11) is 0. The Morgan fingerprint density at radius 2 is 2.00 bits per heavy atom. The van der Waals surface area contributed by atoms with E-state index in [1.807, 2.05) is 11.8 Å². The van der Waals surface area contributed by atoms with E-state index in [0.717, 1.165) is 0 Å². The summed E-state index contributed by atoms with van der Waals surface area (Å²) < 4.78 is 2.58. The van der Waals surface area contributed by atoms with E-state index in [0.29, 0.717) is 5.54 Å². The minimum Gasteiger partial charge on any atom is -1.00 e. The molecule has 2 aliphatic rings. The molecule has 0 aliphatic carbocycles. The van der Waals surface area contributed by atoms with Crippen molar-refractivity contribution in [3.05, 3.63) is 35.4 Å². The summed E-state index contributed by atoms with van der Waals surface area (Å²) in [5.74, 6) is 1.24. The molecule has 86 valence electrons. The first-order chi connectivity index (χ1) is 7.18. The van der Waals surface area contributed by atoms with Gasteiger partial charge in [0.25, 0.3) is 0 Å². The lowest BCUT2D eigenvalue weighted by Gasteiger charge is -2.27. The molecule has 0 saturated carbocycles. The molecule has 3 rings (SSSR count). The highest BCUT2D eigenvalue weighted by atomic mass is 79.9. The summed E-state index contributed by atoms with van der Waals surface area (Å²) in [5.41, 5.74) is 3.29. The third kappa shape index (κ3) is 1.74. The van der Waals surface area contributed by atoms with Crippen LogP contribution in [0.4, 0.5) is 0 Å². The molecular weight excluding hydrogens is 282 g/mol. The van der Waals surface area contributed by atoms with E-state index in [4.69, 9.17) is 0 Å². The Kier molecular flexibility index (Phi) is 3.19. The summed E-state index contributed by atoms with van der Waals surface area (Å²) >= 11 is 2.01. The van der Waals surface area contributed by atoms with E-state index in [-0.39, 0.29) is 17.0 Å². The van der Waals surface area contributed by atoms with Gasteiger partial charge in [0.1, 0.15) is 0 Å². The van der Waals surface area contributed by atoms with Gasteiger partial charge in [-0.15, -0.1) is 0 Å². The van der Waals surface area contributed by atoms with Crippen LogP contribution in [0.2, 0.25) is 0 Å². The van der Waals surface area contributed by atoms with Crippen molar-refractivity contribution in [1.82, 2.24) is 0 Å². The van der Waals surface area contributed by atoms with Crippen molar-refractivity contribution in [2.24, 2.45) is 0 Å². The highest BCUT2D eigenvalue weighted by molar-refractivity contribution is 8.14. The van der Waals surface area contributed by atoms with E-state index in [9.17, 15) is 0 Å². The SMILES string of the molecule is CC1(C)Cc2ccccc2C2=[N+]1CCS2.[Br-]. The fraction of sp³-hybridized carbons (Fsp3) is 0.462. The Morgan fingerprint density at radius 3 is 2.81 bits per heavy atom. The molecule has 0 radical (unpaired) electrons. The van der Waals surface area contributed by atoms with E-state index in [1.165, 1.54) is 34.9 Å². The lowest BCUT2D eigenvalue weighted by atomic mass is 9.88. The molecule has 2 aliphatic heterocycles. The first-order valence-electron chi connectivity index (χ1n) is 5.54. The number of fused-ring (bicyclic) bond motifs is 2. The molecule has 16 heavy (non-hydrogen) atoms. The van der Waals surface area contributed by atoms with E-state index < -0.39 is 0 Å². The Bertz CT molecular complexity index is 451. The van der Waals surface area contributed by atoms with Crippen LogP contribution in [-0.2, 0) is 6.42 Å². The van der Waals surface area contributed by atoms with Crippen molar-refractivity contribution in [1.29, 1.82) is 0 Å². The quantitative estimate of drug-likeness (QED) is 0.585. The normalized spacial score (nSPS) is 21.1. The van der Waals surface area contributed by atoms with Crippen LogP contribution in [0.5, 0.6) is 0 Å². The number of hydrogen-bond acceptors (Lipinski definition) is 1. The average Bonchev–Trinajstić information content (AvgIpc) is 2.66. The Morgan fingerprint density at radius 1 is 1.25 bits per heavy atom. The number of hydrogen-bond donors (Lipinski definition) is 0. The minimum atomic E-state index is 0. The van der Waals surface area contributed by atoms with Crippen LogP contribution >= 0.6 is 11.8 Å². The van der Waals surface area contributed by atoms with Crippen LogP contribution in [0.3, 0.4) is 0 Å². The van der Waals surface area contributed by atoms with Crippen LogP contribution < -0.4 is 17.0 Å². The summed E-state index contributed by atoms with van der Waals surface area (Å²) in [4.78, 5) is 0. The standard InChI is InChI=1S/C13H16NS.BrH/c1-13(2)9-10-5-3-4-6-11(10)12-14(13)7-8-15-12;/h3-6H,7-9H2,1-2H3;1H/q+1;/p-1. The van der Waals surface area contributed by atoms with E-state index >= 15 is 0 Å². The number of benzene rings is 1. The maximum Gasteiger partial charge on any atom is 0.243 e. The average molecular weight is 298 g/mol. The monoisotopic (exact) mass is 297 g/mol. The molecule has 0 fully saturated rings. The molecule has 0 unspecified atom stereocenters. The minimum absolute atomic E-state index is 0. The predicted molar refractivity (Wildman–Crippen MR) is 65.9 cm³/mol. The van der Waals surface area contributed by atoms with Gasteiger partial charge in [0.05, 0.1) is 11.3 Å². The van der Waals surface area contributed by atoms with Gasteiger partial charge in [-0.1, -0.05) is 30.0 Å². The van der Waals surface area contributed by atoms with Gasteiger partial charge in [-0.05, 0) is 11.6 Å². The maximum atomic E-state index is 2.58. The van der Waals surface area contributed by atoms with Crippen LogP contribution in [0.15, 0.2) is 24.3 Å². The smallest absolute Gasteiger partial charge is 0.243 e. The highest BCUT2D eigenvalue weighted by Gasteiger charge is 2.42. The third-order valence-electron chi connectivity index (χ3n) is 3.40. The summed E-state index contributed by atoms with van der Waals surface area (Å²) in [6, 6.07) is 8.86. The Balaban J connectivity index is 0.000000963. The zero-order valence-electron chi connectivity index (χ0n) is 9.66. The van der Waals surface area contributed by atoms with Crippen LogP contribution in [-0.4, -0.2) is 27.5 Å². The lowest BCUT2D eigenvalue weighted by Crippen LogP contribution is -3.00. The van der Waals surface area contributed by atoms with Crippen LogP contribution in [0.25, 0.3) is 0 Å². The van der Waals surface area contributed by atoms with Crippen LogP contribution in [0.1, 0.15) is 25.0 Å². The number of nitrogens with zero attached hydrogens (tertiary/aromatic N) is 1. The van der Waals surface area contributed by atoms with Gasteiger partial charge in [-0.25, -0.2) is 4.58 Å². The topological polar surface area (TPSA) is 3.01 Å². The Labute approximate surface area is 112 Å². The van der Waals surface area contributed by atoms with Crippen molar-refractivity contribution in [2.45, 2.75) is 25.8 Å². The molecule has 2 heterocycles. The number of rotatable bonds is 0. The predicted octanol–water partition coefficient (Wildman–Crippen LogP) is -0.469. The Hall–Kier alpha value is -0.280. The van der Waals surface area contributed by atoms with Crippen molar-refractivity contribution in [2.75, 3.05) is 12.3 Å². The molecule has 1 aromatic rings. The lowest BCUT2D eigenvalue weighted by molar-refractivity contribution is -0.593. The molecule has 3 heteroatoms. The van der Waals surface area contributed by atoms with Crippen molar-refractivity contribution >= 4 is 16.8 Å². The van der Waals surface area contributed by atoms with Gasteiger partial charge in [0, 0.05) is 20.3 Å². The second kappa shape index (κ2) is 4.19. The van der Waals surface area contributed by atoms with E-state index in [2.05, 4.69) is 42.7 Å². The van der Waals surface area contributed by atoms with Crippen molar-refractivity contribution in [3.8, 4) is 0 Å². The molecule has 0 spiro atoms. The summed E-state index contributed by atoms with van der Waals surface area (Å²) in [5, 5.41) is 1.50. The summed E-state index contributed by atoms with van der Waals surface area (Å²) in [6.45, 7) is 5.92. The molecule has 0 bridgehead atoms. The second-order valence-electron chi connectivity index (χ2n) is 4.95. The molecule has 0 amide bonds. The second-order valence-corrected chi connectivity index (χ2v) is 6.04. The first kappa shape index (κ1) is 12.2. The molecular formula is C13H16BrNS. The molecule has 1 aromatic carbocycles. The number of halogens is 1. The summed E-state index contributed by atoms with van der Waals surface area (Å²) in [6.07, 6.45) is 1.17. The van der Waals surface area contributed by atoms with Gasteiger partial charge < -0.3 is 17.0 Å². The fourth-order valence-corrected chi connectivity index (χ4v) is 3.97. The maximum absolute atomic E-state index is 2.58. The van der Waals surface area contributed by atoms with Gasteiger partial charge in [0.2, 0.25) is 5.04 Å². The largest absolute Gasteiger partial charge is 1.00 e. The molecule has 1 nitrogen and oxygen atoms in total. The fourth-order valence-electron chi connectivity index (χ4n) is 2.66. The first-order valence-corrected chi connectivity index (χ1v) is 6.53. The molecule has 0 N–H and O–H groups in total. The van der Waals surface area contributed by atoms with Gasteiger partial charge in [0.15, 0.2) is 12.1 Å². The third-order valence-corrected chi connectivity index (χ3v) is 4.50. The molecule has 0 aromatic heterocycles. The van der Waals surface area contributed by atoms with Crippen LogP contribution in [0, 0.1) is 0 Å².